The molecule has 0 aliphatic heterocycles. The number of sulfonamides is 1. The molecule has 2 rings (SSSR count). The van der Waals surface area contributed by atoms with Crippen molar-refractivity contribution < 1.29 is 47.9 Å². The molecule has 0 fully saturated rings. The van der Waals surface area contributed by atoms with Gasteiger partial charge in [0.1, 0.15) is 0 Å². The number of nitrogens with one attached hydrogen (secondary N) is 1. The number of carboxylic acid groups (broad SMARTS) is 1. The quantitative estimate of drug-likeness (QED) is 0.476. The third kappa shape index (κ3) is 4.21. The van der Waals surface area contributed by atoms with E-state index in [1.54, 1.807) is 0 Å². The van der Waals surface area contributed by atoms with Gasteiger partial charge in [0.25, 0.3) is 10.0 Å². The second kappa shape index (κ2) is 6.95. The van der Waals surface area contributed by atoms with E-state index in [9.17, 15) is 18.3 Å². The number of nitrogens with two attached hydrogens (primary N) is 1. The average molecular weight is 314 g/mol. The molecule has 0 amide bonds. The summed E-state index contributed by atoms with van der Waals surface area (Å²) in [5, 5.41) is 10.9. The Morgan fingerprint density at radius 3 is 2.19 bits per heavy atom. The van der Waals surface area contributed by atoms with Crippen LogP contribution >= 0.6 is 0 Å². The Balaban J connectivity index is 0.00000220. The second-order valence-electron chi connectivity index (χ2n) is 4.01. The van der Waals surface area contributed by atoms with E-state index in [0.717, 1.165) is 0 Å². The maximum Gasteiger partial charge on any atom is 1.00 e. The molecule has 2 aromatic rings. The van der Waals surface area contributed by atoms with Crippen LogP contribution < -0.4 is 45.1 Å². The zero-order valence-electron chi connectivity index (χ0n) is 11.2. The Hall–Kier alpha value is -1.54. The minimum Gasteiger partial charge on any atom is -0.545 e. The van der Waals surface area contributed by atoms with Gasteiger partial charge in [-0.3, -0.25) is 4.72 Å². The van der Waals surface area contributed by atoms with Gasteiger partial charge in [0, 0.05) is 11.3 Å². The van der Waals surface area contributed by atoms with Gasteiger partial charge in [0.15, 0.2) is 0 Å². The van der Waals surface area contributed by atoms with Crippen LogP contribution in [-0.4, -0.2) is 14.4 Å². The van der Waals surface area contributed by atoms with Crippen molar-refractivity contribution >= 4 is 27.4 Å². The van der Waals surface area contributed by atoms with Crippen LogP contribution in [0.4, 0.5) is 11.4 Å². The molecule has 0 spiro atoms. The molecule has 6 nitrogen and oxygen atoms in total. The van der Waals surface area contributed by atoms with Crippen LogP contribution in [0.5, 0.6) is 0 Å². The monoisotopic (exact) mass is 314 g/mol. The summed E-state index contributed by atoms with van der Waals surface area (Å²) >= 11 is 0. The Morgan fingerprint density at radius 2 is 1.62 bits per heavy atom. The Labute approximate surface area is 144 Å². The van der Waals surface area contributed by atoms with Gasteiger partial charge < -0.3 is 15.6 Å². The molecule has 0 heterocycles. The van der Waals surface area contributed by atoms with E-state index < -0.39 is 16.0 Å². The van der Waals surface area contributed by atoms with Crippen molar-refractivity contribution in [1.29, 1.82) is 0 Å². The molecule has 21 heavy (non-hydrogen) atoms. The van der Waals surface area contributed by atoms with E-state index >= 15 is 0 Å². The van der Waals surface area contributed by atoms with Crippen molar-refractivity contribution in [2.45, 2.75) is 4.90 Å². The van der Waals surface area contributed by atoms with E-state index in [1.807, 2.05) is 0 Å². The summed E-state index contributed by atoms with van der Waals surface area (Å²) in [7, 11) is -3.88. The summed E-state index contributed by atoms with van der Waals surface area (Å²) in [6.07, 6.45) is 0. The largest absolute Gasteiger partial charge is 1.00 e. The summed E-state index contributed by atoms with van der Waals surface area (Å²) in [5.41, 5.74) is 5.63. The van der Waals surface area contributed by atoms with Gasteiger partial charge in [-0.05, 0) is 30.3 Å². The van der Waals surface area contributed by atoms with Crippen LogP contribution in [0.3, 0.4) is 0 Å². The Kier molecular flexibility index (Phi) is 5.79. The van der Waals surface area contributed by atoms with Crippen molar-refractivity contribution in [2.75, 3.05) is 10.5 Å². The predicted octanol–water partition coefficient (Wildman–Crippen LogP) is -2.56. The molecule has 0 saturated carbocycles. The van der Waals surface area contributed by atoms with E-state index in [1.165, 1.54) is 48.5 Å². The summed E-state index contributed by atoms with van der Waals surface area (Å²) in [6.45, 7) is 0. The molecule has 0 unspecified atom stereocenters. The van der Waals surface area contributed by atoms with E-state index in [-0.39, 0.29) is 45.7 Å². The first-order valence-electron chi connectivity index (χ1n) is 5.59. The number of carboxylic acids is 1. The number of carbonyl (C=O) groups excluding carboxylic acids is 1. The predicted molar refractivity (Wildman–Crippen MR) is 72.4 cm³/mol. The molecule has 2 aromatic carbocycles. The second-order valence-corrected chi connectivity index (χ2v) is 5.69. The topological polar surface area (TPSA) is 112 Å². The van der Waals surface area contributed by atoms with Crippen LogP contribution in [0.2, 0.25) is 0 Å². The van der Waals surface area contributed by atoms with Crippen molar-refractivity contribution in [1.82, 2.24) is 0 Å². The van der Waals surface area contributed by atoms with Crippen LogP contribution in [0.1, 0.15) is 10.4 Å². The minimum absolute atomic E-state index is 0. The van der Waals surface area contributed by atoms with Crippen molar-refractivity contribution in [3.05, 3.63) is 54.1 Å². The van der Waals surface area contributed by atoms with Gasteiger partial charge in [-0.2, -0.15) is 0 Å². The normalized spacial score (nSPS) is 10.5. The molecule has 8 heteroatoms. The smallest absolute Gasteiger partial charge is 0.545 e. The third-order valence-electron chi connectivity index (χ3n) is 2.58. The average Bonchev–Trinajstić information content (AvgIpc) is 2.39. The number of hydrogen-bond donors (Lipinski definition) is 2. The molecule has 0 radical (unpaired) electrons. The van der Waals surface area contributed by atoms with E-state index in [4.69, 9.17) is 5.73 Å². The van der Waals surface area contributed by atoms with Gasteiger partial charge >= 0.3 is 29.6 Å². The molecule has 0 aliphatic carbocycles. The molecule has 0 aromatic heterocycles. The molecular formula is C13H11N2NaO4S. The van der Waals surface area contributed by atoms with Gasteiger partial charge in [-0.25, -0.2) is 8.42 Å². The van der Waals surface area contributed by atoms with Crippen molar-refractivity contribution in [2.24, 2.45) is 0 Å². The van der Waals surface area contributed by atoms with Crippen LogP contribution in [0.25, 0.3) is 0 Å². The summed E-state index contributed by atoms with van der Waals surface area (Å²) in [6, 6.07) is 11.2. The summed E-state index contributed by atoms with van der Waals surface area (Å²) < 4.78 is 26.5. The number of carbonyl (C=O) groups is 1. The number of rotatable bonds is 4. The molecule has 0 atom stereocenters. The first-order chi connectivity index (χ1) is 9.40. The third-order valence-corrected chi connectivity index (χ3v) is 3.96. The van der Waals surface area contributed by atoms with E-state index in [0.29, 0.717) is 5.69 Å². The minimum atomic E-state index is -3.88. The molecular weight excluding hydrogens is 303 g/mol. The standard InChI is InChI=1S/C13H12N2O4S.Na/c14-9-5-7-10(8-6-9)20(18,19)15-12-4-2-1-3-11(12)13(16)17;/h1-8,15H,14H2,(H,16,17);/q;+1/p-1. The van der Waals surface area contributed by atoms with Gasteiger partial charge in [0.2, 0.25) is 0 Å². The zero-order chi connectivity index (χ0) is 14.8. The maximum atomic E-state index is 12.1. The van der Waals surface area contributed by atoms with Crippen LogP contribution in [0, 0.1) is 0 Å². The molecule has 0 aliphatic rings. The number of para-hydroxylation sites is 1. The molecule has 0 saturated heterocycles. The maximum absolute atomic E-state index is 12.1. The zero-order valence-corrected chi connectivity index (χ0v) is 14.1. The Bertz CT molecular complexity index is 745. The fourth-order valence-corrected chi connectivity index (χ4v) is 2.68. The fraction of sp³-hybridized carbons (Fsp3) is 0. The number of hydrogen-bond acceptors (Lipinski definition) is 5. The van der Waals surface area contributed by atoms with E-state index in [2.05, 4.69) is 4.72 Å². The number of aromatic carboxylic acids is 1. The Morgan fingerprint density at radius 1 is 1.05 bits per heavy atom. The van der Waals surface area contributed by atoms with Gasteiger partial charge in [-0.15, -0.1) is 0 Å². The molecule has 0 bridgehead atoms. The van der Waals surface area contributed by atoms with Gasteiger partial charge in [-0.1, -0.05) is 18.2 Å². The number of anilines is 2. The number of benzene rings is 2. The summed E-state index contributed by atoms with van der Waals surface area (Å²) in [4.78, 5) is 10.9. The van der Waals surface area contributed by atoms with Crippen LogP contribution in [-0.2, 0) is 10.0 Å². The molecule has 104 valence electrons. The van der Waals surface area contributed by atoms with Crippen molar-refractivity contribution in [3.63, 3.8) is 0 Å². The SMILES string of the molecule is Nc1ccc(S(=O)(=O)Nc2ccccc2C(=O)[O-])cc1.[Na+]. The first-order valence-corrected chi connectivity index (χ1v) is 7.07. The summed E-state index contributed by atoms with van der Waals surface area (Å²) in [5.74, 6) is -1.46. The number of nitrogen functional groups attached to an aromatic ring is 1. The fourth-order valence-electron chi connectivity index (χ4n) is 1.60. The van der Waals surface area contributed by atoms with Crippen LogP contribution in [0.15, 0.2) is 53.4 Å². The van der Waals surface area contributed by atoms with Gasteiger partial charge in [0.05, 0.1) is 16.6 Å². The molecule has 3 N–H and O–H groups in total. The first kappa shape index (κ1) is 17.5. The van der Waals surface area contributed by atoms with Crippen molar-refractivity contribution in [3.8, 4) is 0 Å².